The fourth-order valence-electron chi connectivity index (χ4n) is 2.09. The monoisotopic (exact) mass is 235 g/mol. The Balaban J connectivity index is 2.06. The number of methoxy groups -OCH3 is 1. The fourth-order valence-corrected chi connectivity index (χ4v) is 2.09. The van der Waals surface area contributed by atoms with Crippen molar-refractivity contribution in [3.8, 4) is 5.75 Å². The van der Waals surface area contributed by atoms with E-state index in [2.05, 4.69) is 5.32 Å². The van der Waals surface area contributed by atoms with E-state index in [1.165, 1.54) is 12.8 Å². The average molecular weight is 235 g/mol. The van der Waals surface area contributed by atoms with Crippen molar-refractivity contribution in [2.24, 2.45) is 0 Å². The van der Waals surface area contributed by atoms with E-state index in [4.69, 9.17) is 4.74 Å². The highest BCUT2D eigenvalue weighted by Gasteiger charge is 2.26. The van der Waals surface area contributed by atoms with Crippen LogP contribution < -0.4 is 10.1 Å². The Hall–Kier alpha value is -1.06. The van der Waals surface area contributed by atoms with Crippen LogP contribution in [0.25, 0.3) is 0 Å². The predicted octanol–water partition coefficient (Wildman–Crippen LogP) is 2.18. The van der Waals surface area contributed by atoms with Crippen molar-refractivity contribution in [2.45, 2.75) is 44.9 Å². The van der Waals surface area contributed by atoms with Crippen molar-refractivity contribution in [2.75, 3.05) is 7.11 Å². The van der Waals surface area contributed by atoms with E-state index in [-0.39, 0.29) is 6.04 Å². The normalized spacial score (nSPS) is 18.8. The zero-order valence-corrected chi connectivity index (χ0v) is 10.7. The third-order valence-corrected chi connectivity index (χ3v) is 3.31. The first kappa shape index (κ1) is 12.4. The lowest BCUT2D eigenvalue weighted by molar-refractivity contribution is 0.135. The molecule has 1 saturated carbocycles. The van der Waals surface area contributed by atoms with Gasteiger partial charge in [-0.15, -0.1) is 0 Å². The molecule has 3 nitrogen and oxygen atoms in total. The molecule has 0 bridgehead atoms. The van der Waals surface area contributed by atoms with E-state index in [0.29, 0.717) is 6.04 Å². The number of hydrogen-bond donors (Lipinski definition) is 2. The molecular formula is C14H21NO2. The van der Waals surface area contributed by atoms with Gasteiger partial charge in [0.1, 0.15) is 5.75 Å². The Morgan fingerprint density at radius 1 is 1.41 bits per heavy atom. The van der Waals surface area contributed by atoms with Gasteiger partial charge in [0.15, 0.2) is 0 Å². The molecule has 1 aromatic rings. The van der Waals surface area contributed by atoms with Crippen LogP contribution in [-0.2, 0) is 0 Å². The molecule has 2 unspecified atom stereocenters. The van der Waals surface area contributed by atoms with Gasteiger partial charge in [-0.25, -0.2) is 0 Å². The highest BCUT2D eigenvalue weighted by atomic mass is 16.5. The fraction of sp³-hybridized carbons (Fsp3) is 0.571. The molecule has 0 saturated heterocycles. The first-order chi connectivity index (χ1) is 8.11. The van der Waals surface area contributed by atoms with Gasteiger partial charge in [-0.2, -0.15) is 0 Å². The molecule has 1 aromatic carbocycles. The largest absolute Gasteiger partial charge is 0.496 e. The molecule has 0 amide bonds. The lowest BCUT2D eigenvalue weighted by Crippen LogP contribution is -2.33. The number of aliphatic hydroxyl groups is 1. The first-order valence-electron chi connectivity index (χ1n) is 6.20. The van der Waals surface area contributed by atoms with Gasteiger partial charge in [0.2, 0.25) is 0 Å². The molecule has 2 rings (SSSR count). The molecule has 2 N–H and O–H groups in total. The Labute approximate surface area is 103 Å². The van der Waals surface area contributed by atoms with Crippen molar-refractivity contribution in [3.63, 3.8) is 0 Å². The Morgan fingerprint density at radius 3 is 2.65 bits per heavy atom. The summed E-state index contributed by atoms with van der Waals surface area (Å²) in [5, 5.41) is 13.7. The molecule has 0 radical (unpaired) electrons. The zero-order chi connectivity index (χ0) is 12.4. The second-order valence-electron chi connectivity index (χ2n) is 4.90. The third-order valence-electron chi connectivity index (χ3n) is 3.31. The van der Waals surface area contributed by atoms with Crippen LogP contribution in [0.1, 0.15) is 37.0 Å². The van der Waals surface area contributed by atoms with Gasteiger partial charge in [0.05, 0.1) is 13.2 Å². The highest BCUT2D eigenvalue weighted by molar-refractivity contribution is 5.37. The van der Waals surface area contributed by atoms with Crippen LogP contribution in [0, 0.1) is 6.92 Å². The molecule has 3 heteroatoms. The Bertz CT molecular complexity index is 388. The van der Waals surface area contributed by atoms with Gasteiger partial charge >= 0.3 is 0 Å². The van der Waals surface area contributed by atoms with Gasteiger partial charge in [-0.05, 0) is 49.9 Å². The smallest absolute Gasteiger partial charge is 0.121 e. The number of aryl methyl sites for hydroxylation is 1. The van der Waals surface area contributed by atoms with E-state index >= 15 is 0 Å². The summed E-state index contributed by atoms with van der Waals surface area (Å²) in [4.78, 5) is 0. The summed E-state index contributed by atoms with van der Waals surface area (Å²) in [6, 6.07) is 6.54. The first-order valence-corrected chi connectivity index (χ1v) is 6.20. The minimum Gasteiger partial charge on any atom is -0.496 e. The van der Waals surface area contributed by atoms with Gasteiger partial charge in [0.25, 0.3) is 0 Å². The summed E-state index contributed by atoms with van der Waals surface area (Å²) >= 11 is 0. The van der Waals surface area contributed by atoms with Crippen LogP contribution in [0.15, 0.2) is 18.2 Å². The third kappa shape index (κ3) is 2.99. The quantitative estimate of drug-likeness (QED) is 0.822. The lowest BCUT2D eigenvalue weighted by atomic mass is 10.0. The summed E-state index contributed by atoms with van der Waals surface area (Å²) in [7, 11) is 1.66. The number of hydrogen-bond acceptors (Lipinski definition) is 3. The molecule has 0 aromatic heterocycles. The second kappa shape index (κ2) is 5.07. The number of nitrogens with one attached hydrogen (secondary N) is 1. The second-order valence-corrected chi connectivity index (χ2v) is 4.90. The van der Waals surface area contributed by atoms with E-state index in [1.54, 1.807) is 7.11 Å². The van der Waals surface area contributed by atoms with Crippen LogP contribution in [0.5, 0.6) is 5.75 Å². The number of benzene rings is 1. The minimum atomic E-state index is -0.458. The van der Waals surface area contributed by atoms with E-state index in [0.717, 1.165) is 16.9 Å². The maximum atomic E-state index is 10.3. The van der Waals surface area contributed by atoms with Crippen LogP contribution in [0.4, 0.5) is 0 Å². The van der Waals surface area contributed by atoms with Gasteiger partial charge in [-0.3, -0.25) is 0 Å². The molecule has 1 fully saturated rings. The summed E-state index contributed by atoms with van der Waals surface area (Å²) in [5.74, 6) is 0.865. The van der Waals surface area contributed by atoms with Crippen molar-refractivity contribution >= 4 is 0 Å². The Morgan fingerprint density at radius 2 is 2.12 bits per heavy atom. The van der Waals surface area contributed by atoms with Crippen molar-refractivity contribution in [1.29, 1.82) is 0 Å². The van der Waals surface area contributed by atoms with Gasteiger partial charge < -0.3 is 15.2 Å². The average Bonchev–Trinajstić information content (AvgIpc) is 3.11. The molecule has 1 aliphatic rings. The number of ether oxygens (including phenoxy) is 1. The SMILES string of the molecule is COc1ccc(C(O)C(C)NC2CC2)cc1C. The standard InChI is InChI=1S/C14H21NO2/c1-9-8-11(4-7-13(9)17-3)14(16)10(2)15-12-5-6-12/h4,7-8,10,12,14-16H,5-6H2,1-3H3. The molecule has 0 spiro atoms. The summed E-state index contributed by atoms with van der Waals surface area (Å²) in [6.07, 6.45) is 2.01. The van der Waals surface area contributed by atoms with Crippen LogP contribution in [0.3, 0.4) is 0 Å². The van der Waals surface area contributed by atoms with E-state index in [1.807, 2.05) is 32.0 Å². The zero-order valence-electron chi connectivity index (χ0n) is 10.7. The predicted molar refractivity (Wildman–Crippen MR) is 68.3 cm³/mol. The van der Waals surface area contributed by atoms with E-state index < -0.39 is 6.10 Å². The highest BCUT2D eigenvalue weighted by Crippen LogP contribution is 2.26. The maximum Gasteiger partial charge on any atom is 0.121 e. The van der Waals surface area contributed by atoms with Gasteiger partial charge in [-0.1, -0.05) is 6.07 Å². The summed E-state index contributed by atoms with van der Waals surface area (Å²) < 4.78 is 5.22. The topological polar surface area (TPSA) is 41.5 Å². The molecule has 0 aliphatic heterocycles. The minimum absolute atomic E-state index is 0.0929. The van der Waals surface area contributed by atoms with Gasteiger partial charge in [0, 0.05) is 12.1 Å². The van der Waals surface area contributed by atoms with Crippen molar-refractivity contribution in [3.05, 3.63) is 29.3 Å². The summed E-state index contributed by atoms with van der Waals surface area (Å²) in [6.45, 7) is 4.02. The molecule has 0 heterocycles. The Kier molecular flexibility index (Phi) is 3.69. The molecular weight excluding hydrogens is 214 g/mol. The van der Waals surface area contributed by atoms with Crippen molar-refractivity contribution in [1.82, 2.24) is 5.32 Å². The maximum absolute atomic E-state index is 10.3. The number of aliphatic hydroxyl groups excluding tert-OH is 1. The molecule has 94 valence electrons. The van der Waals surface area contributed by atoms with Crippen LogP contribution in [-0.4, -0.2) is 24.3 Å². The molecule has 1 aliphatic carbocycles. The lowest BCUT2D eigenvalue weighted by Gasteiger charge is -2.21. The van der Waals surface area contributed by atoms with Crippen LogP contribution in [0.2, 0.25) is 0 Å². The van der Waals surface area contributed by atoms with Crippen LogP contribution >= 0.6 is 0 Å². The van der Waals surface area contributed by atoms with E-state index in [9.17, 15) is 5.11 Å². The number of rotatable bonds is 5. The summed E-state index contributed by atoms with van der Waals surface area (Å²) in [5.41, 5.74) is 2.01. The van der Waals surface area contributed by atoms with Crippen molar-refractivity contribution < 1.29 is 9.84 Å². The molecule has 2 atom stereocenters. The molecule has 17 heavy (non-hydrogen) atoms.